The summed E-state index contributed by atoms with van der Waals surface area (Å²) < 4.78 is 0.851. The van der Waals surface area contributed by atoms with Crippen LogP contribution in [0.4, 0.5) is 17.1 Å². The molecule has 37 heavy (non-hydrogen) atoms. The summed E-state index contributed by atoms with van der Waals surface area (Å²) in [7, 11) is 0. The average molecular weight is 500 g/mol. The highest BCUT2D eigenvalue weighted by Crippen LogP contribution is 2.29. The third-order valence-corrected chi connectivity index (χ3v) is 7.55. The fourth-order valence-corrected chi connectivity index (χ4v) is 5.00. The Hall–Kier alpha value is -3.31. The molecule has 3 rings (SSSR count). The van der Waals surface area contributed by atoms with Crippen molar-refractivity contribution in [2.45, 2.75) is 54.5 Å². The smallest absolute Gasteiger partial charge is 0.191 e. The van der Waals surface area contributed by atoms with E-state index >= 15 is 0 Å². The SMILES string of the molecule is CCN(Cc1ccccc1)c1ccc(N=Nc2c(C)cc(CC(=O)C[N+](CC)(CC)CC)cc2C)cc1. The first kappa shape index (κ1) is 28.3. The van der Waals surface area contributed by atoms with E-state index in [2.05, 4.69) is 91.4 Å². The maximum Gasteiger partial charge on any atom is 0.191 e. The number of azo groups is 1. The van der Waals surface area contributed by atoms with E-state index in [1.807, 2.05) is 32.0 Å². The van der Waals surface area contributed by atoms with Crippen LogP contribution in [0.5, 0.6) is 0 Å². The Balaban J connectivity index is 1.68. The highest BCUT2D eigenvalue weighted by atomic mass is 16.1. The molecule has 0 fully saturated rings. The van der Waals surface area contributed by atoms with Gasteiger partial charge in [-0.3, -0.25) is 4.79 Å². The van der Waals surface area contributed by atoms with Gasteiger partial charge in [0, 0.05) is 25.2 Å². The minimum Gasteiger partial charge on any atom is -0.367 e. The van der Waals surface area contributed by atoms with Gasteiger partial charge in [-0.05, 0) is 88.1 Å². The standard InChI is InChI=1S/C32H43N4O/c1-7-35(23-27-14-12-11-13-15-27)30-18-16-29(17-19-30)33-34-32-25(5)20-28(21-26(32)6)22-31(37)24-36(8-2,9-3)10-4/h11-21H,7-10,22-24H2,1-6H3/q+1. The van der Waals surface area contributed by atoms with Crippen molar-refractivity contribution in [2.75, 3.05) is 37.6 Å². The molecule has 0 aliphatic carbocycles. The van der Waals surface area contributed by atoms with Gasteiger partial charge in [-0.1, -0.05) is 42.5 Å². The van der Waals surface area contributed by atoms with E-state index < -0.39 is 0 Å². The Morgan fingerprint density at radius 3 is 1.92 bits per heavy atom. The number of hydrogen-bond acceptors (Lipinski definition) is 4. The molecule has 0 aromatic heterocycles. The van der Waals surface area contributed by atoms with Gasteiger partial charge in [-0.2, -0.15) is 10.2 Å². The quantitative estimate of drug-likeness (QED) is 0.178. The van der Waals surface area contributed by atoms with E-state index in [9.17, 15) is 4.79 Å². The summed E-state index contributed by atoms with van der Waals surface area (Å²) in [5.41, 5.74) is 7.32. The fraction of sp³-hybridized carbons (Fsp3) is 0.406. The molecular formula is C32H43N4O+. The monoisotopic (exact) mass is 499 g/mol. The van der Waals surface area contributed by atoms with Crippen LogP contribution in [-0.4, -0.2) is 43.0 Å². The molecular weight excluding hydrogens is 456 g/mol. The Morgan fingerprint density at radius 2 is 1.38 bits per heavy atom. The van der Waals surface area contributed by atoms with Gasteiger partial charge in [0.05, 0.1) is 31.0 Å². The summed E-state index contributed by atoms with van der Waals surface area (Å²) in [5, 5.41) is 9.10. The highest BCUT2D eigenvalue weighted by molar-refractivity contribution is 5.82. The lowest BCUT2D eigenvalue weighted by molar-refractivity contribution is -0.915. The molecule has 0 saturated carbocycles. The molecule has 0 unspecified atom stereocenters. The minimum absolute atomic E-state index is 0.298. The van der Waals surface area contributed by atoms with Crippen LogP contribution < -0.4 is 4.90 Å². The number of benzene rings is 3. The predicted octanol–water partition coefficient (Wildman–Crippen LogP) is 7.73. The van der Waals surface area contributed by atoms with Crippen LogP contribution in [0.2, 0.25) is 0 Å². The van der Waals surface area contributed by atoms with Crippen molar-refractivity contribution in [1.29, 1.82) is 0 Å². The molecule has 0 saturated heterocycles. The molecule has 0 heterocycles. The van der Waals surface area contributed by atoms with Gasteiger partial charge in [-0.25, -0.2) is 0 Å². The van der Waals surface area contributed by atoms with Crippen LogP contribution in [0.3, 0.4) is 0 Å². The number of carbonyl (C=O) groups excluding carboxylic acids is 1. The zero-order valence-corrected chi connectivity index (χ0v) is 23.5. The van der Waals surface area contributed by atoms with Crippen molar-refractivity contribution in [3.8, 4) is 0 Å². The van der Waals surface area contributed by atoms with Gasteiger partial charge in [0.25, 0.3) is 0 Å². The van der Waals surface area contributed by atoms with Crippen molar-refractivity contribution in [3.63, 3.8) is 0 Å². The first-order valence-corrected chi connectivity index (χ1v) is 13.6. The predicted molar refractivity (Wildman–Crippen MR) is 155 cm³/mol. The number of rotatable bonds is 13. The Labute approximate surface area is 223 Å². The number of quaternary nitrogens is 1. The molecule has 0 aliphatic rings. The molecule has 3 aromatic carbocycles. The van der Waals surface area contributed by atoms with Crippen molar-refractivity contribution in [1.82, 2.24) is 0 Å². The van der Waals surface area contributed by atoms with Gasteiger partial charge >= 0.3 is 0 Å². The molecule has 5 nitrogen and oxygen atoms in total. The van der Waals surface area contributed by atoms with E-state index in [0.29, 0.717) is 18.7 Å². The van der Waals surface area contributed by atoms with E-state index in [1.54, 1.807) is 0 Å². The molecule has 0 atom stereocenters. The van der Waals surface area contributed by atoms with Crippen LogP contribution in [0.25, 0.3) is 0 Å². The highest BCUT2D eigenvalue weighted by Gasteiger charge is 2.24. The van der Waals surface area contributed by atoms with Crippen molar-refractivity contribution in [3.05, 3.63) is 89.0 Å². The van der Waals surface area contributed by atoms with Gasteiger partial charge in [0.15, 0.2) is 5.78 Å². The number of carbonyl (C=O) groups is 1. The minimum atomic E-state index is 0.298. The van der Waals surface area contributed by atoms with Crippen LogP contribution in [0.1, 0.15) is 49.9 Å². The number of aryl methyl sites for hydroxylation is 2. The lowest BCUT2D eigenvalue weighted by atomic mass is 10.0. The lowest BCUT2D eigenvalue weighted by Gasteiger charge is -2.35. The summed E-state index contributed by atoms with van der Waals surface area (Å²) in [6.07, 6.45) is 0.470. The molecule has 0 spiro atoms. The number of anilines is 1. The molecule has 5 heteroatoms. The second kappa shape index (κ2) is 13.3. The Morgan fingerprint density at radius 1 is 0.784 bits per heavy atom. The summed E-state index contributed by atoms with van der Waals surface area (Å²) in [5.74, 6) is 0.298. The third kappa shape index (κ3) is 7.59. The van der Waals surface area contributed by atoms with E-state index in [4.69, 9.17) is 0 Å². The van der Waals surface area contributed by atoms with E-state index in [0.717, 1.165) is 65.3 Å². The second-order valence-electron chi connectivity index (χ2n) is 9.96. The topological polar surface area (TPSA) is 45.0 Å². The summed E-state index contributed by atoms with van der Waals surface area (Å²) in [6.45, 7) is 18.1. The van der Waals surface area contributed by atoms with Crippen LogP contribution in [-0.2, 0) is 17.8 Å². The van der Waals surface area contributed by atoms with Crippen LogP contribution >= 0.6 is 0 Å². The third-order valence-electron chi connectivity index (χ3n) is 7.55. The molecule has 196 valence electrons. The molecule has 0 aliphatic heterocycles. The van der Waals surface area contributed by atoms with Crippen LogP contribution in [0.15, 0.2) is 77.0 Å². The fourth-order valence-electron chi connectivity index (χ4n) is 5.00. The first-order valence-electron chi connectivity index (χ1n) is 13.6. The van der Waals surface area contributed by atoms with Gasteiger partial charge < -0.3 is 9.38 Å². The van der Waals surface area contributed by atoms with Gasteiger partial charge in [0.1, 0.15) is 6.54 Å². The molecule has 0 N–H and O–H groups in total. The number of Topliss-reactive ketones (excluding diaryl/α,β-unsaturated/α-hetero) is 1. The van der Waals surface area contributed by atoms with Crippen molar-refractivity contribution >= 4 is 22.8 Å². The molecule has 3 aromatic rings. The maximum atomic E-state index is 12.9. The van der Waals surface area contributed by atoms with E-state index in [-0.39, 0.29) is 0 Å². The largest absolute Gasteiger partial charge is 0.367 e. The summed E-state index contributed by atoms with van der Waals surface area (Å²) in [6, 6.07) is 22.9. The Kier molecular flexibility index (Phi) is 10.2. The van der Waals surface area contributed by atoms with E-state index in [1.165, 1.54) is 11.3 Å². The molecule has 0 amide bonds. The summed E-state index contributed by atoms with van der Waals surface area (Å²) in [4.78, 5) is 15.2. The number of ketones is 1. The number of nitrogens with zero attached hydrogens (tertiary/aromatic N) is 4. The number of hydrogen-bond donors (Lipinski definition) is 0. The lowest BCUT2D eigenvalue weighted by Crippen LogP contribution is -2.51. The normalized spacial score (nSPS) is 11.7. The summed E-state index contributed by atoms with van der Waals surface area (Å²) >= 11 is 0. The second-order valence-corrected chi connectivity index (χ2v) is 9.96. The Bertz CT molecular complexity index is 1150. The average Bonchev–Trinajstić information content (AvgIpc) is 2.91. The number of likely N-dealkylation sites (N-methyl/N-ethyl adjacent to an activating group) is 1. The van der Waals surface area contributed by atoms with Crippen LogP contribution in [0, 0.1) is 13.8 Å². The zero-order valence-electron chi connectivity index (χ0n) is 23.5. The van der Waals surface area contributed by atoms with Crippen molar-refractivity contribution in [2.24, 2.45) is 10.2 Å². The van der Waals surface area contributed by atoms with Gasteiger partial charge in [-0.15, -0.1) is 0 Å². The molecule has 0 radical (unpaired) electrons. The van der Waals surface area contributed by atoms with Crippen molar-refractivity contribution < 1.29 is 9.28 Å². The molecule has 0 bridgehead atoms. The van der Waals surface area contributed by atoms with Gasteiger partial charge in [0.2, 0.25) is 0 Å². The zero-order chi connectivity index (χ0) is 26.8. The maximum absolute atomic E-state index is 12.9. The first-order chi connectivity index (χ1) is 17.8.